The number of piperazine rings is 1. The largest absolute Gasteiger partial charge is 0.508 e. The molecule has 1 fully saturated rings. The van der Waals surface area contributed by atoms with Gasteiger partial charge in [-0.05, 0) is 67.7 Å². The van der Waals surface area contributed by atoms with Gasteiger partial charge in [0.05, 0.1) is 37.8 Å². The van der Waals surface area contributed by atoms with Crippen molar-refractivity contribution in [1.82, 2.24) is 24.1 Å². The summed E-state index contributed by atoms with van der Waals surface area (Å²) in [6.07, 6.45) is 3.20. The first kappa shape index (κ1) is 30.7. The average Bonchev–Trinajstić information content (AvgIpc) is 3.54. The first-order valence-electron chi connectivity index (χ1n) is 16.4. The molecule has 0 aliphatic carbocycles. The molecule has 2 aromatic heterocycles. The van der Waals surface area contributed by atoms with Gasteiger partial charge in [-0.1, -0.05) is 12.1 Å². The first-order chi connectivity index (χ1) is 23.8. The molecule has 0 radical (unpaired) electrons. The van der Waals surface area contributed by atoms with E-state index in [4.69, 9.17) is 0 Å². The van der Waals surface area contributed by atoms with E-state index in [0.29, 0.717) is 45.6 Å². The number of imidazole rings is 1. The number of carbonyl (C=O) groups is 2. The third-order valence-electron chi connectivity index (χ3n) is 9.83. The molecular weight excluding hydrogens is 626 g/mol. The van der Waals surface area contributed by atoms with Gasteiger partial charge in [0.1, 0.15) is 12.1 Å². The number of pyridine rings is 1. The predicted octanol–water partition coefficient (Wildman–Crippen LogP) is 4.31. The quantitative estimate of drug-likeness (QED) is 0.0715. The maximum Gasteiger partial charge on any atom is 0.270 e. The number of aromatic nitrogens is 2. The van der Waals surface area contributed by atoms with Gasteiger partial charge in [0.25, 0.3) is 17.5 Å². The number of fused-ring (bicyclic) bond motifs is 2. The molecule has 49 heavy (non-hydrogen) atoms. The van der Waals surface area contributed by atoms with Crippen molar-refractivity contribution < 1.29 is 19.6 Å². The van der Waals surface area contributed by atoms with E-state index in [1.54, 1.807) is 36.7 Å². The number of nitro groups is 1. The molecule has 0 bridgehead atoms. The smallest absolute Gasteiger partial charge is 0.270 e. The van der Waals surface area contributed by atoms with E-state index >= 15 is 0 Å². The van der Waals surface area contributed by atoms with Gasteiger partial charge >= 0.3 is 0 Å². The summed E-state index contributed by atoms with van der Waals surface area (Å²) in [6.45, 7) is 6.09. The lowest BCUT2D eigenvalue weighted by Gasteiger charge is -2.35. The van der Waals surface area contributed by atoms with Crippen molar-refractivity contribution in [2.75, 3.05) is 57.7 Å². The van der Waals surface area contributed by atoms with Crippen LogP contribution in [-0.2, 0) is 0 Å². The number of hydrogen-bond acceptors (Lipinski definition) is 10. The number of phenolic OH excluding ortho intramolecular Hbond substituents is 1. The summed E-state index contributed by atoms with van der Waals surface area (Å²) in [5.41, 5.74) is 3.27. The van der Waals surface area contributed by atoms with Crippen LogP contribution in [0.5, 0.6) is 5.75 Å². The third-order valence-corrected chi connectivity index (χ3v) is 9.83. The number of imide groups is 1. The molecule has 2 N–H and O–H groups in total. The van der Waals surface area contributed by atoms with E-state index in [1.807, 2.05) is 16.5 Å². The zero-order valence-electron chi connectivity index (χ0n) is 26.6. The highest BCUT2D eigenvalue weighted by molar-refractivity contribution is 6.25. The number of rotatable bonds is 10. The number of anilines is 1. The van der Waals surface area contributed by atoms with Crippen molar-refractivity contribution in [3.05, 3.63) is 98.5 Å². The second kappa shape index (κ2) is 12.1. The molecule has 13 nitrogen and oxygen atoms in total. The zero-order valence-corrected chi connectivity index (χ0v) is 26.6. The number of nitrogens with zero attached hydrogens (tertiary/aromatic N) is 6. The molecule has 0 unspecified atom stereocenters. The van der Waals surface area contributed by atoms with Crippen LogP contribution < -0.4 is 10.7 Å². The van der Waals surface area contributed by atoms with Crippen molar-refractivity contribution in [3.8, 4) is 5.75 Å². The minimum Gasteiger partial charge on any atom is -0.508 e. The van der Waals surface area contributed by atoms with Gasteiger partial charge in [-0.3, -0.25) is 33.8 Å². The Morgan fingerprint density at radius 1 is 0.837 bits per heavy atom. The monoisotopic (exact) mass is 659 g/mol. The minimum atomic E-state index is -0.519. The number of hydrogen-bond donors (Lipinski definition) is 2. The van der Waals surface area contributed by atoms with Gasteiger partial charge in [-0.25, -0.2) is 4.98 Å². The molecule has 2 amide bonds. The van der Waals surface area contributed by atoms with Gasteiger partial charge in [-0.15, -0.1) is 0 Å². The molecule has 4 heterocycles. The standard InChI is InChI=1S/C36H33N7O6/c44-24-6-9-30-26(20-24)34(45)32-28(7-8-29-33(32)42(30)21-38-29)37-10-2-11-39-14-16-40(17-15-39)12-3-13-41-35(46)25-5-1-4-22-18-23(43(48)49)19-27(31(22)25)36(41)47/h1,4-9,18-21,37,44H,2-3,10-17H2. The minimum absolute atomic E-state index is 0.0453. The van der Waals surface area contributed by atoms with Gasteiger partial charge in [0, 0.05) is 68.0 Å². The summed E-state index contributed by atoms with van der Waals surface area (Å²) in [5.74, 6) is -0.804. The Bertz CT molecular complexity index is 2370. The van der Waals surface area contributed by atoms with Gasteiger partial charge in [0.15, 0.2) is 5.43 Å². The highest BCUT2D eigenvalue weighted by Crippen LogP contribution is 2.34. The number of aromatic hydroxyl groups is 1. The van der Waals surface area contributed by atoms with Crippen LogP contribution in [0.1, 0.15) is 33.6 Å². The van der Waals surface area contributed by atoms with Crippen LogP contribution in [-0.4, -0.2) is 98.3 Å². The Kier molecular flexibility index (Phi) is 7.57. The summed E-state index contributed by atoms with van der Waals surface area (Å²) in [4.78, 5) is 61.5. The molecule has 8 rings (SSSR count). The van der Waals surface area contributed by atoms with Crippen LogP contribution in [0, 0.1) is 10.1 Å². The number of phenols is 1. The fourth-order valence-electron chi connectivity index (χ4n) is 7.38. The topological polar surface area (TPSA) is 154 Å². The number of amides is 2. The molecule has 0 spiro atoms. The van der Waals surface area contributed by atoms with E-state index in [1.165, 1.54) is 23.1 Å². The molecule has 13 heteroatoms. The molecular formula is C36H33N7O6. The van der Waals surface area contributed by atoms with Crippen LogP contribution in [0.3, 0.4) is 0 Å². The molecule has 2 aliphatic heterocycles. The Morgan fingerprint density at radius 3 is 2.37 bits per heavy atom. The fraction of sp³-hybridized carbons (Fsp3) is 0.278. The maximum absolute atomic E-state index is 13.5. The second-order valence-electron chi connectivity index (χ2n) is 12.7. The molecule has 0 saturated carbocycles. The van der Waals surface area contributed by atoms with Crippen molar-refractivity contribution in [1.29, 1.82) is 0 Å². The van der Waals surface area contributed by atoms with E-state index in [2.05, 4.69) is 20.1 Å². The lowest BCUT2D eigenvalue weighted by atomic mass is 9.93. The van der Waals surface area contributed by atoms with E-state index in [0.717, 1.165) is 62.4 Å². The highest BCUT2D eigenvalue weighted by Gasteiger charge is 2.34. The molecule has 1 saturated heterocycles. The molecule has 2 aliphatic rings. The van der Waals surface area contributed by atoms with Crippen LogP contribution >= 0.6 is 0 Å². The van der Waals surface area contributed by atoms with Crippen molar-refractivity contribution in [2.24, 2.45) is 0 Å². The van der Waals surface area contributed by atoms with E-state index < -0.39 is 10.8 Å². The van der Waals surface area contributed by atoms with Crippen molar-refractivity contribution >= 4 is 61.3 Å². The summed E-state index contributed by atoms with van der Waals surface area (Å²) in [7, 11) is 0. The summed E-state index contributed by atoms with van der Waals surface area (Å²) >= 11 is 0. The number of benzene rings is 4. The Morgan fingerprint density at radius 2 is 1.59 bits per heavy atom. The first-order valence-corrected chi connectivity index (χ1v) is 16.4. The maximum atomic E-state index is 13.5. The Labute approximate surface area is 279 Å². The summed E-state index contributed by atoms with van der Waals surface area (Å²) < 4.78 is 1.90. The van der Waals surface area contributed by atoms with Gasteiger partial charge in [-0.2, -0.15) is 0 Å². The molecule has 248 valence electrons. The van der Waals surface area contributed by atoms with Crippen LogP contribution in [0.25, 0.3) is 38.1 Å². The van der Waals surface area contributed by atoms with Crippen LogP contribution in [0.15, 0.2) is 71.8 Å². The van der Waals surface area contributed by atoms with Crippen molar-refractivity contribution in [3.63, 3.8) is 0 Å². The normalized spacial score (nSPS) is 15.7. The number of non-ortho nitro benzene ring substituents is 1. The van der Waals surface area contributed by atoms with Gasteiger partial charge in [0.2, 0.25) is 0 Å². The lowest BCUT2D eigenvalue weighted by Crippen LogP contribution is -2.48. The van der Waals surface area contributed by atoms with Gasteiger partial charge < -0.3 is 20.2 Å². The lowest BCUT2D eigenvalue weighted by molar-refractivity contribution is -0.384. The number of carbonyl (C=O) groups excluding carboxylic acids is 2. The Balaban J connectivity index is 0.837. The third kappa shape index (κ3) is 5.27. The van der Waals surface area contributed by atoms with E-state index in [9.17, 15) is 29.6 Å². The Hall–Kier alpha value is -5.66. The SMILES string of the molecule is O=C1c2cccc3cc([N+](=O)[O-])cc(c23)C(=O)N1CCCN1CCN(CCCNc2ccc3ncn4c5ccc(O)cc5c(=O)c2c34)CC1. The predicted molar refractivity (Wildman–Crippen MR) is 186 cm³/mol. The average molecular weight is 660 g/mol. The van der Waals surface area contributed by atoms with Crippen LogP contribution in [0.4, 0.5) is 11.4 Å². The van der Waals surface area contributed by atoms with E-state index in [-0.39, 0.29) is 34.9 Å². The summed E-state index contributed by atoms with van der Waals surface area (Å²) in [5, 5.41) is 27.0. The number of nitro benzene ring substituents is 1. The molecule has 4 aromatic carbocycles. The molecule has 6 aromatic rings. The molecule has 0 atom stereocenters. The van der Waals surface area contributed by atoms with Crippen LogP contribution in [0.2, 0.25) is 0 Å². The fourth-order valence-corrected chi connectivity index (χ4v) is 7.38. The second-order valence-corrected chi connectivity index (χ2v) is 12.7. The highest BCUT2D eigenvalue weighted by atomic mass is 16.6. The number of nitrogens with one attached hydrogen (secondary N) is 1. The summed E-state index contributed by atoms with van der Waals surface area (Å²) in [6, 6.07) is 16.3. The zero-order chi connectivity index (χ0) is 33.8. The van der Waals surface area contributed by atoms with Crippen molar-refractivity contribution in [2.45, 2.75) is 12.8 Å².